The second-order valence-electron chi connectivity index (χ2n) is 4.31. The topological polar surface area (TPSA) is 56.1 Å². The van der Waals surface area contributed by atoms with E-state index in [2.05, 4.69) is 30.1 Å². The summed E-state index contributed by atoms with van der Waals surface area (Å²) in [5, 5.41) is 11.3. The van der Waals surface area contributed by atoms with Gasteiger partial charge in [0, 0.05) is 39.0 Å². The summed E-state index contributed by atoms with van der Waals surface area (Å²) in [5.74, 6) is 0.654. The van der Waals surface area contributed by atoms with E-state index in [1.165, 1.54) is 0 Å². The number of hydrogen-bond acceptors (Lipinski definition) is 3. The van der Waals surface area contributed by atoms with E-state index in [9.17, 15) is 4.79 Å². The summed E-state index contributed by atoms with van der Waals surface area (Å²) in [4.78, 5) is 13.5. The Hall–Kier alpha value is -1.08. The molecular formula is C12H23N3O. The third-order valence-electron chi connectivity index (χ3n) is 2.19. The smallest absolute Gasteiger partial charge is 0.221 e. The largest absolute Gasteiger partial charge is 0.356 e. The lowest BCUT2D eigenvalue weighted by molar-refractivity contribution is -0.121. The first-order valence-electron chi connectivity index (χ1n) is 5.96. The van der Waals surface area contributed by atoms with E-state index in [0.717, 1.165) is 19.6 Å². The standard InChI is InChI=1S/C12H23N3O/c1-4-14-12(16)6-9-15(8-5-7-13)10-11(2)3/h11H,4-6,8-10H2,1-3H3,(H,14,16). The molecule has 0 aromatic carbocycles. The molecule has 0 heterocycles. The Bertz CT molecular complexity index is 233. The summed E-state index contributed by atoms with van der Waals surface area (Å²) in [7, 11) is 0. The van der Waals surface area contributed by atoms with Gasteiger partial charge < -0.3 is 10.2 Å². The van der Waals surface area contributed by atoms with Crippen molar-refractivity contribution in [2.45, 2.75) is 33.6 Å². The van der Waals surface area contributed by atoms with Crippen LogP contribution in [0.25, 0.3) is 0 Å². The van der Waals surface area contributed by atoms with E-state index >= 15 is 0 Å². The van der Waals surface area contributed by atoms with E-state index in [0.29, 0.717) is 25.3 Å². The van der Waals surface area contributed by atoms with Gasteiger partial charge in [-0.25, -0.2) is 0 Å². The maximum atomic E-state index is 11.3. The van der Waals surface area contributed by atoms with Crippen LogP contribution in [-0.4, -0.2) is 37.0 Å². The number of carbonyl (C=O) groups is 1. The molecular weight excluding hydrogens is 202 g/mol. The van der Waals surface area contributed by atoms with Crippen molar-refractivity contribution in [3.8, 4) is 6.07 Å². The highest BCUT2D eigenvalue weighted by molar-refractivity contribution is 5.75. The first-order chi connectivity index (χ1) is 7.60. The van der Waals surface area contributed by atoms with Crippen LogP contribution in [0.4, 0.5) is 0 Å². The Kier molecular flexibility index (Phi) is 8.55. The van der Waals surface area contributed by atoms with E-state index in [4.69, 9.17) is 5.26 Å². The zero-order valence-corrected chi connectivity index (χ0v) is 10.6. The average Bonchev–Trinajstić information content (AvgIpc) is 2.22. The molecule has 0 aliphatic heterocycles. The molecule has 0 atom stereocenters. The van der Waals surface area contributed by atoms with Gasteiger partial charge in [0.05, 0.1) is 6.07 Å². The molecule has 0 aliphatic carbocycles. The second kappa shape index (κ2) is 9.17. The van der Waals surface area contributed by atoms with Gasteiger partial charge in [-0.3, -0.25) is 4.79 Å². The molecule has 0 radical (unpaired) electrons. The molecule has 0 aromatic heterocycles. The first-order valence-corrected chi connectivity index (χ1v) is 5.96. The van der Waals surface area contributed by atoms with Gasteiger partial charge in [-0.2, -0.15) is 5.26 Å². The molecule has 0 unspecified atom stereocenters. The maximum Gasteiger partial charge on any atom is 0.221 e. The fourth-order valence-electron chi connectivity index (χ4n) is 1.56. The van der Waals surface area contributed by atoms with Crippen molar-refractivity contribution in [3.63, 3.8) is 0 Å². The molecule has 0 spiro atoms. The summed E-state index contributed by atoms with van der Waals surface area (Å²) in [5.41, 5.74) is 0. The van der Waals surface area contributed by atoms with Crippen molar-refractivity contribution in [2.75, 3.05) is 26.2 Å². The second-order valence-corrected chi connectivity index (χ2v) is 4.31. The Balaban J connectivity index is 3.91. The van der Waals surface area contributed by atoms with Crippen molar-refractivity contribution >= 4 is 5.91 Å². The Morgan fingerprint density at radius 2 is 2.12 bits per heavy atom. The van der Waals surface area contributed by atoms with Crippen molar-refractivity contribution in [1.29, 1.82) is 5.26 Å². The number of carbonyl (C=O) groups excluding carboxylic acids is 1. The number of nitrogens with one attached hydrogen (secondary N) is 1. The molecule has 4 nitrogen and oxygen atoms in total. The lowest BCUT2D eigenvalue weighted by Crippen LogP contribution is -2.33. The summed E-state index contributed by atoms with van der Waals surface area (Å²) >= 11 is 0. The molecule has 0 fully saturated rings. The van der Waals surface area contributed by atoms with Crippen LogP contribution in [0.15, 0.2) is 0 Å². The van der Waals surface area contributed by atoms with Crippen LogP contribution in [0.1, 0.15) is 33.6 Å². The van der Waals surface area contributed by atoms with Crippen molar-refractivity contribution in [1.82, 2.24) is 10.2 Å². The minimum absolute atomic E-state index is 0.0909. The van der Waals surface area contributed by atoms with Gasteiger partial charge in [0.25, 0.3) is 0 Å². The Morgan fingerprint density at radius 1 is 1.44 bits per heavy atom. The van der Waals surface area contributed by atoms with E-state index in [1.54, 1.807) is 0 Å². The van der Waals surface area contributed by atoms with Gasteiger partial charge in [0.2, 0.25) is 5.91 Å². The zero-order chi connectivity index (χ0) is 12.4. The van der Waals surface area contributed by atoms with Crippen molar-refractivity contribution in [3.05, 3.63) is 0 Å². The molecule has 1 N–H and O–H groups in total. The molecule has 0 aliphatic rings. The van der Waals surface area contributed by atoms with Crippen LogP contribution in [0.2, 0.25) is 0 Å². The normalized spacial score (nSPS) is 10.5. The summed E-state index contributed by atoms with van der Waals surface area (Å²) in [6, 6.07) is 2.14. The monoisotopic (exact) mass is 225 g/mol. The quantitative estimate of drug-likeness (QED) is 0.679. The van der Waals surface area contributed by atoms with Gasteiger partial charge in [-0.1, -0.05) is 13.8 Å². The van der Waals surface area contributed by atoms with Gasteiger partial charge in [-0.15, -0.1) is 0 Å². The molecule has 92 valence electrons. The van der Waals surface area contributed by atoms with Crippen molar-refractivity contribution < 1.29 is 4.79 Å². The number of rotatable bonds is 8. The third kappa shape index (κ3) is 8.25. The molecule has 1 amide bonds. The van der Waals surface area contributed by atoms with Crippen LogP contribution in [0.3, 0.4) is 0 Å². The third-order valence-corrected chi connectivity index (χ3v) is 2.19. The lowest BCUT2D eigenvalue weighted by atomic mass is 10.2. The van der Waals surface area contributed by atoms with Gasteiger partial charge >= 0.3 is 0 Å². The summed E-state index contributed by atoms with van der Waals surface area (Å²) in [6.07, 6.45) is 1.05. The van der Waals surface area contributed by atoms with Crippen LogP contribution >= 0.6 is 0 Å². The van der Waals surface area contributed by atoms with Crippen LogP contribution in [-0.2, 0) is 4.79 Å². The number of amides is 1. The minimum Gasteiger partial charge on any atom is -0.356 e. The number of nitriles is 1. The van der Waals surface area contributed by atoms with Gasteiger partial charge in [0.1, 0.15) is 0 Å². The van der Waals surface area contributed by atoms with Crippen LogP contribution in [0.5, 0.6) is 0 Å². The predicted molar refractivity (Wildman–Crippen MR) is 64.8 cm³/mol. The lowest BCUT2D eigenvalue weighted by Gasteiger charge is -2.22. The molecule has 4 heteroatoms. The fraction of sp³-hybridized carbons (Fsp3) is 0.833. The molecule has 0 bridgehead atoms. The van der Waals surface area contributed by atoms with Crippen LogP contribution < -0.4 is 5.32 Å². The molecule has 0 aromatic rings. The summed E-state index contributed by atoms with van der Waals surface area (Å²) in [6.45, 7) is 9.33. The molecule has 0 saturated carbocycles. The Labute approximate surface area is 98.6 Å². The van der Waals surface area contributed by atoms with E-state index < -0.39 is 0 Å². The highest BCUT2D eigenvalue weighted by atomic mass is 16.1. The van der Waals surface area contributed by atoms with Crippen LogP contribution in [0, 0.1) is 17.2 Å². The average molecular weight is 225 g/mol. The SMILES string of the molecule is CCNC(=O)CCN(CCC#N)CC(C)C. The molecule has 0 rings (SSSR count). The van der Waals surface area contributed by atoms with E-state index in [1.807, 2.05) is 6.92 Å². The Morgan fingerprint density at radius 3 is 2.62 bits per heavy atom. The highest BCUT2D eigenvalue weighted by Crippen LogP contribution is 2.01. The zero-order valence-electron chi connectivity index (χ0n) is 10.6. The van der Waals surface area contributed by atoms with Crippen molar-refractivity contribution in [2.24, 2.45) is 5.92 Å². The fourth-order valence-corrected chi connectivity index (χ4v) is 1.56. The first kappa shape index (κ1) is 14.9. The van der Waals surface area contributed by atoms with Gasteiger partial charge in [0.15, 0.2) is 0 Å². The predicted octanol–water partition coefficient (Wildman–Crippen LogP) is 1.38. The van der Waals surface area contributed by atoms with E-state index in [-0.39, 0.29) is 5.91 Å². The maximum absolute atomic E-state index is 11.3. The number of nitrogens with zero attached hydrogens (tertiary/aromatic N) is 2. The highest BCUT2D eigenvalue weighted by Gasteiger charge is 2.09. The van der Waals surface area contributed by atoms with Gasteiger partial charge in [-0.05, 0) is 12.8 Å². The summed E-state index contributed by atoms with van der Waals surface area (Å²) < 4.78 is 0. The minimum atomic E-state index is 0.0909. The number of hydrogen-bond donors (Lipinski definition) is 1. The molecule has 16 heavy (non-hydrogen) atoms. The molecule has 0 saturated heterocycles.